The van der Waals surface area contributed by atoms with Crippen LogP contribution >= 0.6 is 0 Å². The van der Waals surface area contributed by atoms with Gasteiger partial charge in [0.1, 0.15) is 0 Å². The lowest BCUT2D eigenvalue weighted by Gasteiger charge is -2.07. The van der Waals surface area contributed by atoms with E-state index < -0.39 is 0 Å². The van der Waals surface area contributed by atoms with Crippen molar-refractivity contribution in [2.24, 2.45) is 5.73 Å². The van der Waals surface area contributed by atoms with Crippen LogP contribution in [0.15, 0.2) is 18.2 Å². The number of aryl methyl sites for hydroxylation is 3. The highest BCUT2D eigenvalue weighted by Gasteiger charge is 2.08. The quantitative estimate of drug-likeness (QED) is 0.849. The first-order valence-electron chi connectivity index (χ1n) is 5.94. The first-order chi connectivity index (χ1) is 8.11. The molecular weight excluding hydrogens is 210 g/mol. The molecule has 2 aromatic rings. The molecule has 1 aromatic heterocycles. The van der Waals surface area contributed by atoms with E-state index in [0.29, 0.717) is 6.54 Å². The minimum atomic E-state index is 0.646. The van der Waals surface area contributed by atoms with Crippen molar-refractivity contribution < 1.29 is 0 Å². The summed E-state index contributed by atoms with van der Waals surface area (Å²) in [7, 11) is 0. The average molecular weight is 229 g/mol. The Bertz CT molecular complexity index is 526. The Labute approximate surface area is 102 Å². The van der Waals surface area contributed by atoms with Gasteiger partial charge >= 0.3 is 0 Å². The highest BCUT2D eigenvalue weighted by atomic mass is 15.1. The van der Waals surface area contributed by atoms with Gasteiger partial charge in [0.05, 0.1) is 5.69 Å². The van der Waals surface area contributed by atoms with Crippen molar-refractivity contribution >= 4 is 0 Å². The van der Waals surface area contributed by atoms with Crippen LogP contribution in [-0.2, 0) is 6.42 Å². The van der Waals surface area contributed by atoms with Crippen LogP contribution in [0, 0.1) is 20.8 Å². The Hall–Kier alpha value is -1.61. The van der Waals surface area contributed by atoms with Crippen molar-refractivity contribution in [2.75, 3.05) is 6.54 Å². The fraction of sp³-hybridized carbons (Fsp3) is 0.357. The molecule has 3 N–H and O–H groups in total. The second-order valence-corrected chi connectivity index (χ2v) is 4.57. The average Bonchev–Trinajstić information content (AvgIpc) is 2.72. The maximum absolute atomic E-state index is 5.53. The van der Waals surface area contributed by atoms with Crippen molar-refractivity contribution in [3.8, 4) is 11.3 Å². The standard InChI is InChI=1S/C14H19N3/c1-9-6-11(3)13(7-10(9)2)14-8-12(4-5-15)16-17-14/h6-8H,4-5,15H2,1-3H3,(H,16,17). The molecule has 3 heteroatoms. The highest BCUT2D eigenvalue weighted by molar-refractivity contribution is 5.65. The molecule has 2 rings (SSSR count). The molecule has 0 saturated heterocycles. The SMILES string of the molecule is Cc1cc(C)c(-c2cc(CCN)[nH]n2)cc1C. The summed E-state index contributed by atoms with van der Waals surface area (Å²) in [5.41, 5.74) is 12.7. The predicted octanol–water partition coefficient (Wildman–Crippen LogP) is 2.50. The summed E-state index contributed by atoms with van der Waals surface area (Å²) < 4.78 is 0. The zero-order valence-corrected chi connectivity index (χ0v) is 10.7. The molecule has 1 aromatic carbocycles. The van der Waals surface area contributed by atoms with Crippen molar-refractivity contribution in [3.63, 3.8) is 0 Å². The summed E-state index contributed by atoms with van der Waals surface area (Å²) in [4.78, 5) is 0. The van der Waals surface area contributed by atoms with Crippen molar-refractivity contribution in [1.82, 2.24) is 10.2 Å². The molecule has 0 amide bonds. The molecule has 90 valence electrons. The number of hydrogen-bond acceptors (Lipinski definition) is 2. The number of aromatic nitrogens is 2. The molecule has 17 heavy (non-hydrogen) atoms. The Morgan fingerprint density at radius 2 is 1.76 bits per heavy atom. The van der Waals surface area contributed by atoms with Gasteiger partial charge in [0.15, 0.2) is 0 Å². The summed E-state index contributed by atoms with van der Waals surface area (Å²) in [5.74, 6) is 0. The van der Waals surface area contributed by atoms with Gasteiger partial charge < -0.3 is 5.73 Å². The smallest absolute Gasteiger partial charge is 0.0926 e. The second kappa shape index (κ2) is 4.72. The summed E-state index contributed by atoms with van der Waals surface area (Å²) in [6.45, 7) is 7.04. The third kappa shape index (κ3) is 2.39. The van der Waals surface area contributed by atoms with Crippen LogP contribution in [-0.4, -0.2) is 16.7 Å². The van der Waals surface area contributed by atoms with Crippen LogP contribution in [0.4, 0.5) is 0 Å². The maximum atomic E-state index is 5.53. The van der Waals surface area contributed by atoms with Crippen LogP contribution in [0.5, 0.6) is 0 Å². The van der Waals surface area contributed by atoms with E-state index in [1.54, 1.807) is 0 Å². The Morgan fingerprint density at radius 1 is 1.06 bits per heavy atom. The summed E-state index contributed by atoms with van der Waals surface area (Å²) in [5, 5.41) is 7.39. The van der Waals surface area contributed by atoms with Gasteiger partial charge in [-0.25, -0.2) is 0 Å². The van der Waals surface area contributed by atoms with Crippen LogP contribution in [0.3, 0.4) is 0 Å². The van der Waals surface area contributed by atoms with E-state index >= 15 is 0 Å². The number of nitrogens with one attached hydrogen (secondary N) is 1. The van der Waals surface area contributed by atoms with E-state index in [9.17, 15) is 0 Å². The lowest BCUT2D eigenvalue weighted by Crippen LogP contribution is -2.02. The van der Waals surface area contributed by atoms with Crippen LogP contribution in [0.1, 0.15) is 22.4 Å². The van der Waals surface area contributed by atoms with E-state index in [-0.39, 0.29) is 0 Å². The number of nitrogens with two attached hydrogens (primary N) is 1. The minimum Gasteiger partial charge on any atom is -0.330 e. The van der Waals surface area contributed by atoms with Gasteiger partial charge in [-0.3, -0.25) is 5.10 Å². The lowest BCUT2D eigenvalue weighted by molar-refractivity contribution is 0.902. The van der Waals surface area contributed by atoms with Gasteiger partial charge in [-0.05, 0) is 56.1 Å². The van der Waals surface area contributed by atoms with Gasteiger partial charge in [-0.15, -0.1) is 0 Å². The van der Waals surface area contributed by atoms with Crippen LogP contribution in [0.25, 0.3) is 11.3 Å². The summed E-state index contributed by atoms with van der Waals surface area (Å²) in [6, 6.07) is 6.50. The van der Waals surface area contributed by atoms with E-state index in [2.05, 4.69) is 49.2 Å². The van der Waals surface area contributed by atoms with E-state index in [4.69, 9.17) is 5.73 Å². The number of nitrogens with zero attached hydrogens (tertiary/aromatic N) is 1. The molecule has 0 radical (unpaired) electrons. The molecule has 0 unspecified atom stereocenters. The molecule has 1 heterocycles. The fourth-order valence-corrected chi connectivity index (χ4v) is 2.02. The molecular formula is C14H19N3. The van der Waals surface area contributed by atoms with Gasteiger partial charge in [-0.1, -0.05) is 6.07 Å². The number of aromatic amines is 1. The van der Waals surface area contributed by atoms with Crippen LogP contribution in [0.2, 0.25) is 0 Å². The molecule has 3 nitrogen and oxygen atoms in total. The normalized spacial score (nSPS) is 10.8. The molecule has 0 aliphatic heterocycles. The fourth-order valence-electron chi connectivity index (χ4n) is 2.02. The Balaban J connectivity index is 2.41. The number of benzene rings is 1. The molecule has 0 spiro atoms. The third-order valence-electron chi connectivity index (χ3n) is 3.16. The maximum Gasteiger partial charge on any atom is 0.0926 e. The summed E-state index contributed by atoms with van der Waals surface area (Å²) in [6.07, 6.45) is 0.844. The van der Waals surface area contributed by atoms with Crippen LogP contribution < -0.4 is 5.73 Å². The molecule has 0 aliphatic carbocycles. The number of hydrogen-bond donors (Lipinski definition) is 2. The van der Waals surface area contributed by atoms with Gasteiger partial charge in [-0.2, -0.15) is 5.10 Å². The minimum absolute atomic E-state index is 0.646. The van der Waals surface area contributed by atoms with Crippen molar-refractivity contribution in [3.05, 3.63) is 40.6 Å². The van der Waals surface area contributed by atoms with Crippen molar-refractivity contribution in [1.29, 1.82) is 0 Å². The van der Waals surface area contributed by atoms with E-state index in [0.717, 1.165) is 17.8 Å². The zero-order valence-electron chi connectivity index (χ0n) is 10.7. The Kier molecular flexibility index (Phi) is 3.29. The lowest BCUT2D eigenvalue weighted by atomic mass is 9.99. The van der Waals surface area contributed by atoms with Gasteiger partial charge in [0.25, 0.3) is 0 Å². The Morgan fingerprint density at radius 3 is 2.47 bits per heavy atom. The zero-order chi connectivity index (χ0) is 12.4. The number of H-pyrrole nitrogens is 1. The summed E-state index contributed by atoms with van der Waals surface area (Å²) >= 11 is 0. The second-order valence-electron chi connectivity index (χ2n) is 4.57. The van der Waals surface area contributed by atoms with E-state index in [1.165, 1.54) is 22.3 Å². The third-order valence-corrected chi connectivity index (χ3v) is 3.16. The highest BCUT2D eigenvalue weighted by Crippen LogP contribution is 2.25. The van der Waals surface area contributed by atoms with Gasteiger partial charge in [0.2, 0.25) is 0 Å². The number of rotatable bonds is 3. The largest absolute Gasteiger partial charge is 0.330 e. The first-order valence-corrected chi connectivity index (χ1v) is 5.94. The topological polar surface area (TPSA) is 54.7 Å². The molecule has 0 aliphatic rings. The van der Waals surface area contributed by atoms with Crippen molar-refractivity contribution in [2.45, 2.75) is 27.2 Å². The molecule has 0 saturated carbocycles. The monoisotopic (exact) mass is 229 g/mol. The molecule has 0 bridgehead atoms. The molecule has 0 atom stereocenters. The predicted molar refractivity (Wildman–Crippen MR) is 71.0 cm³/mol. The molecule has 0 fully saturated rings. The first kappa shape index (κ1) is 11.9. The van der Waals surface area contributed by atoms with Gasteiger partial charge in [0, 0.05) is 17.7 Å². The van der Waals surface area contributed by atoms with E-state index in [1.807, 2.05) is 0 Å².